The first-order chi connectivity index (χ1) is 7.83. The Kier molecular flexibility index (Phi) is 2.99. The maximum atomic E-state index is 4.77. The number of rotatable bonds is 3. The van der Waals surface area contributed by atoms with Gasteiger partial charge in [0.25, 0.3) is 0 Å². The van der Waals surface area contributed by atoms with E-state index in [1.54, 1.807) is 4.88 Å². The zero-order valence-electron chi connectivity index (χ0n) is 9.96. The van der Waals surface area contributed by atoms with E-state index in [2.05, 4.69) is 12.2 Å². The fourth-order valence-corrected chi connectivity index (χ4v) is 3.97. The number of aryl methyl sites for hydroxylation is 1. The normalized spacial score (nSPS) is 25.9. The smallest absolute Gasteiger partial charge is 0.0961 e. The molecule has 0 radical (unpaired) electrons. The van der Waals surface area contributed by atoms with Crippen molar-refractivity contribution in [3.63, 3.8) is 0 Å². The molecule has 3 heteroatoms. The topological polar surface area (TPSA) is 24.9 Å². The van der Waals surface area contributed by atoms with Crippen LogP contribution in [0.1, 0.15) is 47.2 Å². The summed E-state index contributed by atoms with van der Waals surface area (Å²) >= 11 is 1.99. The van der Waals surface area contributed by atoms with Crippen molar-refractivity contribution in [1.82, 2.24) is 10.3 Å². The summed E-state index contributed by atoms with van der Waals surface area (Å²) in [5, 5.41) is 4.87. The van der Waals surface area contributed by atoms with Crippen LogP contribution in [0.4, 0.5) is 0 Å². The van der Waals surface area contributed by atoms with Crippen LogP contribution in [0.15, 0.2) is 0 Å². The zero-order valence-corrected chi connectivity index (χ0v) is 10.8. The number of aromatic nitrogens is 1. The van der Waals surface area contributed by atoms with Gasteiger partial charge in [-0.15, -0.1) is 11.3 Å². The number of hydrogen-bond donors (Lipinski definition) is 1. The fraction of sp³-hybridized carbons (Fsp3) is 0.769. The van der Waals surface area contributed by atoms with E-state index >= 15 is 0 Å². The molecule has 1 unspecified atom stereocenters. The van der Waals surface area contributed by atoms with Gasteiger partial charge in [-0.3, -0.25) is 0 Å². The van der Waals surface area contributed by atoms with Crippen LogP contribution >= 0.6 is 11.3 Å². The maximum absolute atomic E-state index is 4.77. The molecule has 16 heavy (non-hydrogen) atoms. The Labute approximate surface area is 101 Å². The molecule has 0 amide bonds. The van der Waals surface area contributed by atoms with Gasteiger partial charge < -0.3 is 5.32 Å². The fourth-order valence-electron chi connectivity index (χ4n) is 2.62. The molecule has 1 atom stereocenters. The van der Waals surface area contributed by atoms with Gasteiger partial charge in [0.2, 0.25) is 0 Å². The van der Waals surface area contributed by atoms with Crippen molar-refractivity contribution in [2.45, 2.75) is 44.9 Å². The lowest BCUT2D eigenvalue weighted by Gasteiger charge is -2.22. The average molecular weight is 236 g/mol. The van der Waals surface area contributed by atoms with Crippen LogP contribution in [-0.2, 0) is 6.42 Å². The summed E-state index contributed by atoms with van der Waals surface area (Å²) in [6.07, 6.45) is 6.75. The zero-order chi connectivity index (χ0) is 11.0. The molecule has 2 aliphatic rings. The molecule has 0 aromatic carbocycles. The molecule has 2 fully saturated rings. The Morgan fingerprint density at radius 3 is 2.88 bits per heavy atom. The number of nitrogens with zero attached hydrogens (tertiary/aromatic N) is 1. The van der Waals surface area contributed by atoms with E-state index in [-0.39, 0.29) is 0 Å². The Morgan fingerprint density at radius 1 is 1.38 bits per heavy atom. The molecule has 0 bridgehead atoms. The van der Waals surface area contributed by atoms with Gasteiger partial charge in [0.1, 0.15) is 0 Å². The van der Waals surface area contributed by atoms with Crippen LogP contribution in [0.5, 0.6) is 0 Å². The summed E-state index contributed by atoms with van der Waals surface area (Å²) in [5.74, 6) is 1.66. The van der Waals surface area contributed by atoms with Crippen LogP contribution in [0.3, 0.4) is 0 Å². The lowest BCUT2D eigenvalue weighted by molar-refractivity contribution is 0.418. The van der Waals surface area contributed by atoms with Crippen LogP contribution < -0.4 is 5.32 Å². The SMILES string of the molecule is Cc1nc(C2CCC2)sc1CC1CCNC1. The quantitative estimate of drug-likeness (QED) is 0.873. The number of hydrogen-bond acceptors (Lipinski definition) is 3. The first kappa shape index (κ1) is 10.7. The minimum absolute atomic E-state index is 0.805. The van der Waals surface area contributed by atoms with Crippen LogP contribution in [0.25, 0.3) is 0 Å². The molecule has 1 saturated carbocycles. The van der Waals surface area contributed by atoms with Gasteiger partial charge in [0, 0.05) is 10.8 Å². The van der Waals surface area contributed by atoms with E-state index in [1.165, 1.54) is 55.9 Å². The van der Waals surface area contributed by atoms with Gasteiger partial charge >= 0.3 is 0 Å². The minimum atomic E-state index is 0.805. The van der Waals surface area contributed by atoms with E-state index in [0.717, 1.165) is 11.8 Å². The molecular weight excluding hydrogens is 216 g/mol. The van der Waals surface area contributed by atoms with Gasteiger partial charge in [-0.1, -0.05) is 6.42 Å². The summed E-state index contributed by atoms with van der Waals surface area (Å²) in [7, 11) is 0. The molecule has 0 spiro atoms. The van der Waals surface area contributed by atoms with E-state index in [9.17, 15) is 0 Å². The first-order valence-corrected chi connectivity index (χ1v) is 7.31. The van der Waals surface area contributed by atoms with E-state index in [1.807, 2.05) is 11.3 Å². The molecule has 1 aromatic rings. The van der Waals surface area contributed by atoms with Crippen molar-refractivity contribution in [2.75, 3.05) is 13.1 Å². The monoisotopic (exact) mass is 236 g/mol. The van der Waals surface area contributed by atoms with Crippen molar-refractivity contribution in [1.29, 1.82) is 0 Å². The lowest BCUT2D eigenvalue weighted by atomic mass is 9.86. The molecule has 1 aliphatic carbocycles. The van der Waals surface area contributed by atoms with Crippen LogP contribution in [0, 0.1) is 12.8 Å². The average Bonchev–Trinajstić information content (AvgIpc) is 2.76. The molecule has 2 nitrogen and oxygen atoms in total. The second-order valence-electron chi connectivity index (χ2n) is 5.25. The van der Waals surface area contributed by atoms with Crippen molar-refractivity contribution in [3.8, 4) is 0 Å². The van der Waals surface area contributed by atoms with Crippen LogP contribution in [0.2, 0.25) is 0 Å². The molecule has 2 heterocycles. The lowest BCUT2D eigenvalue weighted by Crippen LogP contribution is -2.10. The molecule has 1 aromatic heterocycles. The first-order valence-electron chi connectivity index (χ1n) is 6.50. The van der Waals surface area contributed by atoms with Crippen molar-refractivity contribution >= 4 is 11.3 Å². The maximum Gasteiger partial charge on any atom is 0.0961 e. The highest BCUT2D eigenvalue weighted by Gasteiger charge is 2.25. The Morgan fingerprint density at radius 2 is 2.25 bits per heavy atom. The van der Waals surface area contributed by atoms with Gasteiger partial charge in [-0.05, 0) is 51.6 Å². The molecule has 1 saturated heterocycles. The second-order valence-corrected chi connectivity index (χ2v) is 6.37. The van der Waals surface area contributed by atoms with E-state index < -0.39 is 0 Å². The predicted molar refractivity (Wildman–Crippen MR) is 68.1 cm³/mol. The summed E-state index contributed by atoms with van der Waals surface area (Å²) in [6.45, 7) is 4.60. The molecular formula is C13H20N2S. The van der Waals surface area contributed by atoms with Gasteiger partial charge in [0.05, 0.1) is 10.7 Å². The molecule has 1 aliphatic heterocycles. The number of thiazole rings is 1. The highest BCUT2D eigenvalue weighted by Crippen LogP contribution is 2.39. The molecule has 1 N–H and O–H groups in total. The highest BCUT2D eigenvalue weighted by atomic mass is 32.1. The van der Waals surface area contributed by atoms with Crippen LogP contribution in [-0.4, -0.2) is 18.1 Å². The highest BCUT2D eigenvalue weighted by molar-refractivity contribution is 7.11. The third-order valence-corrected chi connectivity index (χ3v) is 5.34. The standard InChI is InChI=1S/C13H20N2S/c1-9-12(7-10-5-6-14-8-10)16-13(15-9)11-3-2-4-11/h10-11,14H,2-8H2,1H3. The molecule has 88 valence electrons. The summed E-state index contributed by atoms with van der Waals surface area (Å²) in [5.41, 5.74) is 1.30. The molecule has 3 rings (SSSR count). The predicted octanol–water partition coefficient (Wildman–Crippen LogP) is 2.87. The van der Waals surface area contributed by atoms with Gasteiger partial charge in [0.15, 0.2) is 0 Å². The Balaban J connectivity index is 1.70. The third-order valence-electron chi connectivity index (χ3n) is 4.00. The Bertz CT molecular complexity index is 362. The summed E-state index contributed by atoms with van der Waals surface area (Å²) in [6, 6.07) is 0. The van der Waals surface area contributed by atoms with Crippen molar-refractivity contribution < 1.29 is 0 Å². The number of nitrogens with one attached hydrogen (secondary N) is 1. The second kappa shape index (κ2) is 4.46. The summed E-state index contributed by atoms with van der Waals surface area (Å²) < 4.78 is 0. The largest absolute Gasteiger partial charge is 0.316 e. The summed E-state index contributed by atoms with van der Waals surface area (Å²) in [4.78, 5) is 6.32. The minimum Gasteiger partial charge on any atom is -0.316 e. The van der Waals surface area contributed by atoms with Crippen molar-refractivity contribution in [3.05, 3.63) is 15.6 Å². The van der Waals surface area contributed by atoms with Gasteiger partial charge in [-0.25, -0.2) is 4.98 Å². The van der Waals surface area contributed by atoms with E-state index in [0.29, 0.717) is 0 Å². The van der Waals surface area contributed by atoms with E-state index in [4.69, 9.17) is 4.98 Å². The third kappa shape index (κ3) is 2.03. The Hall–Kier alpha value is -0.410. The van der Waals surface area contributed by atoms with Crippen molar-refractivity contribution in [2.24, 2.45) is 5.92 Å². The van der Waals surface area contributed by atoms with Gasteiger partial charge in [-0.2, -0.15) is 0 Å².